The molecule has 0 saturated heterocycles. The van der Waals surface area contributed by atoms with Crippen LogP contribution in [-0.2, 0) is 4.74 Å². The molecule has 1 heterocycles. The Bertz CT molecular complexity index is 628. The molecule has 0 aliphatic heterocycles. The van der Waals surface area contributed by atoms with Crippen molar-refractivity contribution in [1.29, 1.82) is 0 Å². The second-order valence-corrected chi connectivity index (χ2v) is 3.49. The topological polar surface area (TPSA) is 67.9 Å². The van der Waals surface area contributed by atoms with Crippen molar-refractivity contribution in [2.24, 2.45) is 0 Å². The van der Waals surface area contributed by atoms with Gasteiger partial charge in [0, 0.05) is 11.6 Å². The van der Waals surface area contributed by atoms with Gasteiger partial charge in [0.05, 0.1) is 6.61 Å². The highest BCUT2D eigenvalue weighted by molar-refractivity contribution is 5.93. The molecule has 1 aromatic carbocycles. The molecule has 0 aliphatic carbocycles. The molecular formula is C11H8F3N3O2. The maximum Gasteiger partial charge on any atom is 0.361 e. The van der Waals surface area contributed by atoms with E-state index in [0.717, 1.165) is 0 Å². The summed E-state index contributed by atoms with van der Waals surface area (Å²) in [5, 5.41) is 9.18. The first kappa shape index (κ1) is 13.1. The zero-order valence-electron chi connectivity index (χ0n) is 9.71. The number of aromatic amines is 1. The fraction of sp³-hybridized carbons (Fsp3) is 0.182. The van der Waals surface area contributed by atoms with Crippen LogP contribution in [0.4, 0.5) is 13.2 Å². The Morgan fingerprint density at radius 1 is 1.21 bits per heavy atom. The van der Waals surface area contributed by atoms with Crippen molar-refractivity contribution in [3.05, 3.63) is 35.3 Å². The average molecular weight is 271 g/mol. The summed E-state index contributed by atoms with van der Waals surface area (Å²) in [5.74, 6) is -4.48. The van der Waals surface area contributed by atoms with Gasteiger partial charge in [0.2, 0.25) is 0 Å². The van der Waals surface area contributed by atoms with Crippen LogP contribution < -0.4 is 0 Å². The van der Waals surface area contributed by atoms with Gasteiger partial charge in [-0.05, 0) is 13.0 Å². The summed E-state index contributed by atoms with van der Waals surface area (Å²) in [6.07, 6.45) is 0. The number of H-pyrrole nitrogens is 1. The number of benzene rings is 1. The number of nitrogens with zero attached hydrogens (tertiary/aromatic N) is 2. The van der Waals surface area contributed by atoms with E-state index < -0.39 is 23.4 Å². The van der Waals surface area contributed by atoms with Crippen LogP contribution in [0.3, 0.4) is 0 Å². The Labute approximate surface area is 105 Å². The first-order chi connectivity index (χ1) is 9.04. The second kappa shape index (κ2) is 5.09. The highest BCUT2D eigenvalue weighted by Crippen LogP contribution is 2.25. The van der Waals surface area contributed by atoms with E-state index in [2.05, 4.69) is 15.4 Å². The zero-order chi connectivity index (χ0) is 14.0. The van der Waals surface area contributed by atoms with E-state index in [4.69, 9.17) is 4.74 Å². The van der Waals surface area contributed by atoms with E-state index in [-0.39, 0.29) is 23.6 Å². The molecular weight excluding hydrogens is 263 g/mol. The van der Waals surface area contributed by atoms with Gasteiger partial charge in [-0.2, -0.15) is 10.3 Å². The molecule has 2 aromatic rings. The summed E-state index contributed by atoms with van der Waals surface area (Å²) in [5.41, 5.74) is -0.919. The van der Waals surface area contributed by atoms with Crippen LogP contribution in [0.2, 0.25) is 0 Å². The summed E-state index contributed by atoms with van der Waals surface area (Å²) in [4.78, 5) is 11.5. The maximum atomic E-state index is 13.6. The molecule has 8 heteroatoms. The third-order valence-electron chi connectivity index (χ3n) is 2.28. The number of esters is 1. The van der Waals surface area contributed by atoms with Gasteiger partial charge in [-0.1, -0.05) is 0 Å². The Balaban J connectivity index is 2.51. The van der Waals surface area contributed by atoms with E-state index in [1.165, 1.54) is 0 Å². The third-order valence-corrected chi connectivity index (χ3v) is 2.28. The van der Waals surface area contributed by atoms with E-state index in [1.54, 1.807) is 6.92 Å². The fourth-order valence-corrected chi connectivity index (χ4v) is 1.46. The molecule has 1 aromatic heterocycles. The van der Waals surface area contributed by atoms with Crippen LogP contribution in [0, 0.1) is 17.5 Å². The molecule has 0 spiro atoms. The molecule has 0 amide bonds. The minimum Gasteiger partial charge on any atom is -0.461 e. The molecule has 100 valence electrons. The van der Waals surface area contributed by atoms with Crippen molar-refractivity contribution < 1.29 is 22.7 Å². The summed E-state index contributed by atoms with van der Waals surface area (Å²) >= 11 is 0. The first-order valence-corrected chi connectivity index (χ1v) is 5.27. The molecule has 19 heavy (non-hydrogen) atoms. The fourth-order valence-electron chi connectivity index (χ4n) is 1.46. The van der Waals surface area contributed by atoms with Crippen molar-refractivity contribution in [1.82, 2.24) is 15.4 Å². The van der Waals surface area contributed by atoms with Crippen LogP contribution in [0.1, 0.15) is 17.4 Å². The number of halogens is 3. The quantitative estimate of drug-likeness (QED) is 0.685. The Hall–Kier alpha value is -2.38. The van der Waals surface area contributed by atoms with Crippen molar-refractivity contribution in [3.63, 3.8) is 0 Å². The van der Waals surface area contributed by atoms with Gasteiger partial charge in [0.15, 0.2) is 17.3 Å². The largest absolute Gasteiger partial charge is 0.461 e. The van der Waals surface area contributed by atoms with Crippen molar-refractivity contribution in [2.75, 3.05) is 6.61 Å². The van der Waals surface area contributed by atoms with Crippen LogP contribution in [-0.4, -0.2) is 28.0 Å². The monoisotopic (exact) mass is 271 g/mol. The van der Waals surface area contributed by atoms with E-state index in [0.29, 0.717) is 12.1 Å². The molecule has 0 saturated carbocycles. The molecule has 5 nitrogen and oxygen atoms in total. The summed E-state index contributed by atoms with van der Waals surface area (Å²) < 4.78 is 44.2. The molecule has 0 unspecified atom stereocenters. The van der Waals surface area contributed by atoms with Gasteiger partial charge in [-0.25, -0.2) is 18.0 Å². The Morgan fingerprint density at radius 2 is 1.89 bits per heavy atom. The van der Waals surface area contributed by atoms with Crippen molar-refractivity contribution in [2.45, 2.75) is 6.92 Å². The van der Waals surface area contributed by atoms with Gasteiger partial charge in [-0.3, -0.25) is 0 Å². The van der Waals surface area contributed by atoms with Crippen LogP contribution in [0.25, 0.3) is 11.3 Å². The lowest BCUT2D eigenvalue weighted by Gasteiger charge is -2.03. The minimum absolute atomic E-state index is 0.0887. The SMILES string of the molecule is CCOC(=O)c1n[nH]nc1-c1cc(F)c(F)cc1F. The Kier molecular flexibility index (Phi) is 3.50. The number of carbonyl (C=O) groups excluding carboxylic acids is 1. The summed E-state index contributed by atoms with van der Waals surface area (Å²) in [6.45, 7) is 1.67. The van der Waals surface area contributed by atoms with Crippen molar-refractivity contribution >= 4 is 5.97 Å². The molecule has 0 aliphatic rings. The number of nitrogens with one attached hydrogen (secondary N) is 1. The molecule has 0 fully saturated rings. The van der Waals surface area contributed by atoms with Crippen LogP contribution >= 0.6 is 0 Å². The summed E-state index contributed by atoms with van der Waals surface area (Å²) in [6, 6.07) is 0.972. The predicted octanol–water partition coefficient (Wildman–Crippen LogP) is 2.07. The van der Waals surface area contributed by atoms with Gasteiger partial charge >= 0.3 is 5.97 Å². The van der Waals surface area contributed by atoms with Gasteiger partial charge < -0.3 is 4.74 Å². The second-order valence-electron chi connectivity index (χ2n) is 3.49. The van der Waals surface area contributed by atoms with Gasteiger partial charge in [-0.15, -0.1) is 5.10 Å². The van der Waals surface area contributed by atoms with Gasteiger partial charge in [0.25, 0.3) is 0 Å². The molecule has 0 radical (unpaired) electrons. The van der Waals surface area contributed by atoms with E-state index in [1.807, 2.05) is 0 Å². The lowest BCUT2D eigenvalue weighted by atomic mass is 10.1. The zero-order valence-corrected chi connectivity index (χ0v) is 9.71. The number of ether oxygens (including phenoxy) is 1. The standard InChI is InChI=1S/C11H8F3N3O2/c1-2-19-11(18)10-9(15-17-16-10)5-3-7(13)8(14)4-6(5)12/h3-4H,2H2,1H3,(H,15,16,17). The predicted molar refractivity (Wildman–Crippen MR) is 57.6 cm³/mol. The molecule has 2 rings (SSSR count). The lowest BCUT2D eigenvalue weighted by Crippen LogP contribution is -2.07. The number of hydrogen-bond donors (Lipinski definition) is 1. The smallest absolute Gasteiger partial charge is 0.361 e. The van der Waals surface area contributed by atoms with E-state index in [9.17, 15) is 18.0 Å². The highest BCUT2D eigenvalue weighted by Gasteiger charge is 2.22. The third kappa shape index (κ3) is 2.42. The number of hydrogen-bond acceptors (Lipinski definition) is 4. The van der Waals surface area contributed by atoms with E-state index >= 15 is 0 Å². The van der Waals surface area contributed by atoms with Crippen LogP contribution in [0.5, 0.6) is 0 Å². The first-order valence-electron chi connectivity index (χ1n) is 5.27. The number of aromatic nitrogens is 3. The molecule has 0 atom stereocenters. The lowest BCUT2D eigenvalue weighted by molar-refractivity contribution is 0.0520. The number of rotatable bonds is 3. The molecule has 0 bridgehead atoms. The van der Waals surface area contributed by atoms with Crippen molar-refractivity contribution in [3.8, 4) is 11.3 Å². The average Bonchev–Trinajstić information content (AvgIpc) is 2.83. The highest BCUT2D eigenvalue weighted by atomic mass is 19.2. The van der Waals surface area contributed by atoms with Crippen LogP contribution in [0.15, 0.2) is 12.1 Å². The maximum absolute atomic E-state index is 13.6. The Morgan fingerprint density at radius 3 is 2.58 bits per heavy atom. The normalized spacial score (nSPS) is 10.5. The minimum atomic E-state index is -1.33. The number of carbonyl (C=O) groups is 1. The summed E-state index contributed by atoms with van der Waals surface area (Å²) in [7, 11) is 0. The van der Waals surface area contributed by atoms with Gasteiger partial charge in [0.1, 0.15) is 11.5 Å². The molecule has 1 N–H and O–H groups in total.